The van der Waals surface area contributed by atoms with Crippen molar-refractivity contribution in [1.29, 1.82) is 0 Å². The molecular weight excluding hydrogens is 809 g/mol. The number of rotatable bonds is 6. The van der Waals surface area contributed by atoms with Gasteiger partial charge in [0, 0.05) is 38.5 Å². The lowest BCUT2D eigenvalue weighted by molar-refractivity contribution is 0.769. The van der Waals surface area contributed by atoms with Gasteiger partial charge in [-0.1, -0.05) is 200 Å². The third-order valence-corrected chi connectivity index (χ3v) is 14.6. The van der Waals surface area contributed by atoms with Gasteiger partial charge < -0.3 is 9.13 Å². The van der Waals surface area contributed by atoms with Crippen molar-refractivity contribution in [2.75, 3.05) is 0 Å². The van der Waals surface area contributed by atoms with E-state index in [1.54, 1.807) is 0 Å². The maximum absolute atomic E-state index is 2.54. The van der Waals surface area contributed by atoms with Crippen molar-refractivity contribution in [3.8, 4) is 44.8 Å². The fourth-order valence-corrected chi connectivity index (χ4v) is 11.7. The second-order valence-corrected chi connectivity index (χ2v) is 18.0. The van der Waals surface area contributed by atoms with Crippen LogP contribution in [-0.4, -0.2) is 9.13 Å². The first kappa shape index (κ1) is 37.6. The molecule has 0 bridgehead atoms. The first-order chi connectivity index (χ1) is 33.2. The fourth-order valence-electron chi connectivity index (χ4n) is 11.7. The Hall–Kier alpha value is -8.72. The van der Waals surface area contributed by atoms with Crippen LogP contribution in [0.25, 0.3) is 99.1 Å². The van der Waals surface area contributed by atoms with Crippen LogP contribution in [0.1, 0.15) is 22.3 Å². The van der Waals surface area contributed by atoms with Crippen molar-refractivity contribution in [1.82, 2.24) is 9.13 Å². The van der Waals surface area contributed by atoms with E-state index in [0.717, 1.165) is 11.4 Å². The van der Waals surface area contributed by atoms with E-state index in [9.17, 15) is 0 Å². The smallest absolute Gasteiger partial charge is 0.0714 e. The third-order valence-electron chi connectivity index (χ3n) is 14.6. The Labute approximate surface area is 388 Å². The molecule has 0 atom stereocenters. The highest BCUT2D eigenvalue weighted by Gasteiger charge is 2.47. The molecule has 0 aliphatic heterocycles. The van der Waals surface area contributed by atoms with E-state index in [-0.39, 0.29) is 0 Å². The summed E-state index contributed by atoms with van der Waals surface area (Å²) in [5.74, 6) is 0. The molecule has 11 aromatic carbocycles. The zero-order valence-electron chi connectivity index (χ0n) is 36.6. The molecule has 1 aliphatic carbocycles. The van der Waals surface area contributed by atoms with Crippen LogP contribution in [0.5, 0.6) is 0 Å². The zero-order valence-corrected chi connectivity index (χ0v) is 36.6. The molecule has 0 unspecified atom stereocenters. The Morgan fingerprint density at radius 1 is 0.284 bits per heavy atom. The number of hydrogen-bond acceptors (Lipinski definition) is 0. The van der Waals surface area contributed by atoms with Crippen molar-refractivity contribution in [3.05, 3.63) is 277 Å². The van der Waals surface area contributed by atoms with E-state index < -0.39 is 5.41 Å². The predicted octanol–water partition coefficient (Wildman–Crippen LogP) is 16.7. The summed E-state index contributed by atoms with van der Waals surface area (Å²) in [6.07, 6.45) is 0. The van der Waals surface area contributed by atoms with E-state index in [1.165, 1.54) is 110 Å². The zero-order chi connectivity index (χ0) is 44.1. The van der Waals surface area contributed by atoms with Crippen LogP contribution in [0, 0.1) is 0 Å². The van der Waals surface area contributed by atoms with E-state index >= 15 is 0 Å². The fraction of sp³-hybridized carbons (Fsp3) is 0.0154. The number of benzene rings is 11. The molecular formula is C65H42N2. The third kappa shape index (κ3) is 5.51. The lowest BCUT2D eigenvalue weighted by Gasteiger charge is -2.33. The normalized spacial score (nSPS) is 12.9. The number of para-hydroxylation sites is 1. The first-order valence-corrected chi connectivity index (χ1v) is 23.3. The summed E-state index contributed by atoms with van der Waals surface area (Å²) in [5, 5.41) is 7.42. The largest absolute Gasteiger partial charge is 0.309 e. The standard InChI is InChI=1S/C65H42N2/c1-4-16-43(17-5-1)45-28-33-51(34-29-45)66-60-27-15-13-24-53(60)56-41-47(31-38-61(56)66)48-32-39-62-57(42-48)54-36-37-59-63(64(54)67(62)52-35-30-44-18-10-11-19-46(44)40-52)55-25-12-14-26-58(55)65(59,49-20-6-2-7-21-49)50-22-8-3-9-23-50/h1-42H. The van der Waals surface area contributed by atoms with Crippen LogP contribution in [-0.2, 0) is 5.41 Å². The minimum atomic E-state index is -0.503. The van der Waals surface area contributed by atoms with Crippen molar-refractivity contribution in [2.45, 2.75) is 5.41 Å². The number of fused-ring (bicyclic) bond motifs is 11. The highest BCUT2D eigenvalue weighted by molar-refractivity contribution is 6.17. The number of hydrogen-bond donors (Lipinski definition) is 0. The Balaban J connectivity index is 1.01. The van der Waals surface area contributed by atoms with E-state index in [4.69, 9.17) is 0 Å². The van der Waals surface area contributed by atoms with Crippen LogP contribution < -0.4 is 0 Å². The number of aromatic nitrogens is 2. The molecule has 0 radical (unpaired) electrons. The number of nitrogens with zero attached hydrogens (tertiary/aromatic N) is 2. The predicted molar refractivity (Wildman–Crippen MR) is 281 cm³/mol. The van der Waals surface area contributed by atoms with Gasteiger partial charge in [0.15, 0.2) is 0 Å². The Kier molecular flexibility index (Phi) is 8.23. The van der Waals surface area contributed by atoms with E-state index in [1.807, 2.05) is 0 Å². The molecule has 0 saturated carbocycles. The van der Waals surface area contributed by atoms with Gasteiger partial charge in [-0.3, -0.25) is 0 Å². The molecule has 312 valence electrons. The maximum atomic E-state index is 2.54. The Morgan fingerprint density at radius 2 is 0.821 bits per heavy atom. The highest BCUT2D eigenvalue weighted by atomic mass is 15.0. The van der Waals surface area contributed by atoms with Crippen molar-refractivity contribution >= 4 is 54.4 Å². The van der Waals surface area contributed by atoms with Gasteiger partial charge in [-0.2, -0.15) is 0 Å². The lowest BCUT2D eigenvalue weighted by atomic mass is 9.67. The average Bonchev–Trinajstić information content (AvgIpc) is 4.03. The lowest BCUT2D eigenvalue weighted by Crippen LogP contribution is -2.28. The van der Waals surface area contributed by atoms with E-state index in [2.05, 4.69) is 264 Å². The summed E-state index contributed by atoms with van der Waals surface area (Å²) in [7, 11) is 0. The second-order valence-electron chi connectivity index (χ2n) is 18.0. The van der Waals surface area contributed by atoms with Crippen LogP contribution in [0.3, 0.4) is 0 Å². The summed E-state index contributed by atoms with van der Waals surface area (Å²) in [5.41, 5.74) is 19.2. The first-order valence-electron chi connectivity index (χ1n) is 23.3. The highest BCUT2D eigenvalue weighted by Crippen LogP contribution is 2.58. The maximum Gasteiger partial charge on any atom is 0.0714 e. The minimum absolute atomic E-state index is 0.503. The van der Waals surface area contributed by atoms with Gasteiger partial charge in [0.2, 0.25) is 0 Å². The minimum Gasteiger partial charge on any atom is -0.309 e. The van der Waals surface area contributed by atoms with Gasteiger partial charge in [-0.05, 0) is 115 Å². The van der Waals surface area contributed by atoms with Crippen LogP contribution >= 0.6 is 0 Å². The summed E-state index contributed by atoms with van der Waals surface area (Å²) < 4.78 is 4.95. The molecule has 0 amide bonds. The van der Waals surface area contributed by atoms with Gasteiger partial charge >= 0.3 is 0 Å². The molecule has 2 aromatic heterocycles. The van der Waals surface area contributed by atoms with Crippen LogP contribution in [0.15, 0.2) is 255 Å². The summed E-state index contributed by atoms with van der Waals surface area (Å²) in [6.45, 7) is 0. The molecule has 2 heterocycles. The molecule has 13 aromatic rings. The molecule has 0 fully saturated rings. The van der Waals surface area contributed by atoms with Crippen LogP contribution in [0.4, 0.5) is 0 Å². The second kappa shape index (κ2) is 14.7. The quantitative estimate of drug-likeness (QED) is 0.158. The van der Waals surface area contributed by atoms with Gasteiger partial charge in [0.1, 0.15) is 0 Å². The van der Waals surface area contributed by atoms with Gasteiger partial charge in [0.25, 0.3) is 0 Å². The monoisotopic (exact) mass is 850 g/mol. The molecule has 0 spiro atoms. The van der Waals surface area contributed by atoms with Crippen molar-refractivity contribution in [3.63, 3.8) is 0 Å². The SMILES string of the molecule is c1ccc(-c2ccc(-n3c4ccccc4c4cc(-c5ccc6c(c5)c5ccc7c(c5n6-c5ccc6ccccc6c5)-c5ccccc5C7(c5ccccc5)c5ccccc5)ccc43)cc2)cc1. The molecule has 2 nitrogen and oxygen atoms in total. The Bertz CT molecular complexity index is 4020. The summed E-state index contributed by atoms with van der Waals surface area (Å²) in [4.78, 5) is 0. The topological polar surface area (TPSA) is 9.86 Å². The van der Waals surface area contributed by atoms with Gasteiger partial charge in [-0.15, -0.1) is 0 Å². The molecule has 2 heteroatoms. The van der Waals surface area contributed by atoms with Crippen LogP contribution in [0.2, 0.25) is 0 Å². The molecule has 0 saturated heterocycles. The molecule has 14 rings (SSSR count). The van der Waals surface area contributed by atoms with Gasteiger partial charge in [0.05, 0.1) is 27.5 Å². The van der Waals surface area contributed by atoms with E-state index in [0.29, 0.717) is 0 Å². The Morgan fingerprint density at radius 3 is 1.55 bits per heavy atom. The van der Waals surface area contributed by atoms with Gasteiger partial charge in [-0.25, -0.2) is 0 Å². The van der Waals surface area contributed by atoms with Crippen molar-refractivity contribution in [2.24, 2.45) is 0 Å². The molecule has 67 heavy (non-hydrogen) atoms. The molecule has 0 N–H and O–H groups in total. The van der Waals surface area contributed by atoms with Crippen molar-refractivity contribution < 1.29 is 0 Å². The summed E-state index contributed by atoms with van der Waals surface area (Å²) in [6, 6.07) is 94.4. The molecule has 1 aliphatic rings. The summed E-state index contributed by atoms with van der Waals surface area (Å²) >= 11 is 0. The average molecular weight is 851 g/mol.